The molecule has 3 rings (SSSR count). The third-order valence-electron chi connectivity index (χ3n) is 3.83. The van der Waals surface area contributed by atoms with Crippen molar-refractivity contribution in [2.75, 3.05) is 24.7 Å². The van der Waals surface area contributed by atoms with Crippen LogP contribution in [0.5, 0.6) is 0 Å². The van der Waals surface area contributed by atoms with Gasteiger partial charge in [0.25, 0.3) is 5.91 Å². The van der Waals surface area contributed by atoms with Gasteiger partial charge in [-0.3, -0.25) is 10.1 Å². The molecule has 11 heteroatoms. The molecule has 1 aliphatic rings. The molecule has 3 N–H and O–H groups in total. The first-order chi connectivity index (χ1) is 12.5. The minimum atomic E-state index is -3.64. The van der Waals surface area contributed by atoms with Crippen LogP contribution in [0.2, 0.25) is 0 Å². The number of carbonyl (C=O) groups is 1. The quantitative estimate of drug-likeness (QED) is 0.600. The monoisotopic (exact) mass is 397 g/mol. The van der Waals surface area contributed by atoms with Crippen LogP contribution < -0.4 is 10.0 Å². The molecule has 1 aliphatic heterocycles. The van der Waals surface area contributed by atoms with E-state index in [-0.39, 0.29) is 23.5 Å². The number of thioether (sulfide) groups is 1. The number of sulfonamides is 1. The van der Waals surface area contributed by atoms with Gasteiger partial charge < -0.3 is 4.74 Å². The van der Waals surface area contributed by atoms with Gasteiger partial charge in [-0.05, 0) is 43.4 Å². The Hall–Kier alpha value is -1.95. The number of benzene rings is 1. The average molecular weight is 397 g/mol. The van der Waals surface area contributed by atoms with Crippen molar-refractivity contribution in [3.05, 3.63) is 29.8 Å². The number of anilines is 1. The Kier molecular flexibility index (Phi) is 5.91. The van der Waals surface area contributed by atoms with E-state index in [1.807, 2.05) is 6.26 Å². The highest BCUT2D eigenvalue weighted by molar-refractivity contribution is 7.98. The Bertz CT molecular complexity index is 860. The number of amides is 1. The Balaban J connectivity index is 1.62. The fourth-order valence-corrected chi connectivity index (χ4v) is 3.84. The fraction of sp³-hybridized carbons (Fsp3) is 0.400. The predicted molar refractivity (Wildman–Crippen MR) is 96.7 cm³/mol. The molecule has 0 spiro atoms. The predicted octanol–water partition coefficient (Wildman–Crippen LogP) is 1.24. The summed E-state index contributed by atoms with van der Waals surface area (Å²) < 4.78 is 32.6. The molecular formula is C15H19N5O4S2. The second kappa shape index (κ2) is 8.16. The summed E-state index contributed by atoms with van der Waals surface area (Å²) in [7, 11) is -3.64. The van der Waals surface area contributed by atoms with Gasteiger partial charge in [-0.15, -0.1) is 5.10 Å². The van der Waals surface area contributed by atoms with Crippen molar-refractivity contribution in [3.63, 3.8) is 0 Å². The standard InChI is InChI=1S/C15H19N5O4S2/c1-25-15-18-14(19-20-15)17-13(21)10-4-6-12(7-5-10)26(22,23)16-9-11-3-2-8-24-11/h4-7,11,16H,2-3,8-9H2,1H3,(H2,17,18,19,20,21)/t11-/m0/s1. The van der Waals surface area contributed by atoms with E-state index < -0.39 is 15.9 Å². The molecule has 0 bridgehead atoms. The molecule has 1 aromatic heterocycles. The molecule has 1 aromatic carbocycles. The van der Waals surface area contributed by atoms with Crippen LogP contribution in [-0.2, 0) is 14.8 Å². The van der Waals surface area contributed by atoms with E-state index in [0.29, 0.717) is 17.3 Å². The third kappa shape index (κ3) is 4.61. The van der Waals surface area contributed by atoms with Gasteiger partial charge in [-0.1, -0.05) is 11.8 Å². The largest absolute Gasteiger partial charge is 0.377 e. The number of nitrogens with zero attached hydrogens (tertiary/aromatic N) is 2. The Labute approximate surface area is 155 Å². The number of nitrogens with one attached hydrogen (secondary N) is 3. The van der Waals surface area contributed by atoms with Crippen LogP contribution in [0.3, 0.4) is 0 Å². The lowest BCUT2D eigenvalue weighted by Crippen LogP contribution is -2.31. The first-order valence-electron chi connectivity index (χ1n) is 7.97. The molecule has 2 aromatic rings. The summed E-state index contributed by atoms with van der Waals surface area (Å²) in [5, 5.41) is 9.58. The number of hydrogen-bond acceptors (Lipinski definition) is 7. The van der Waals surface area contributed by atoms with E-state index in [2.05, 4.69) is 25.2 Å². The summed E-state index contributed by atoms with van der Waals surface area (Å²) in [6.07, 6.45) is 3.53. The van der Waals surface area contributed by atoms with Gasteiger partial charge in [0.05, 0.1) is 11.0 Å². The SMILES string of the molecule is CSc1n[nH]c(NC(=O)c2ccc(S(=O)(=O)NC[C@@H]3CCCO3)cc2)n1. The molecule has 1 saturated heterocycles. The number of aromatic amines is 1. The van der Waals surface area contributed by atoms with Crippen molar-refractivity contribution in [1.82, 2.24) is 19.9 Å². The molecular weight excluding hydrogens is 378 g/mol. The van der Waals surface area contributed by atoms with E-state index in [1.54, 1.807) is 0 Å². The van der Waals surface area contributed by atoms with E-state index in [9.17, 15) is 13.2 Å². The summed E-state index contributed by atoms with van der Waals surface area (Å²) in [6.45, 7) is 0.910. The van der Waals surface area contributed by atoms with E-state index >= 15 is 0 Å². The molecule has 0 saturated carbocycles. The maximum absolute atomic E-state index is 12.3. The minimum Gasteiger partial charge on any atom is -0.377 e. The summed E-state index contributed by atoms with van der Waals surface area (Å²) >= 11 is 1.34. The number of carbonyl (C=O) groups excluding carboxylic acids is 1. The molecule has 9 nitrogen and oxygen atoms in total. The zero-order valence-corrected chi connectivity index (χ0v) is 15.7. The second-order valence-corrected chi connectivity index (χ2v) is 8.18. The van der Waals surface area contributed by atoms with Gasteiger partial charge in [-0.2, -0.15) is 4.98 Å². The topological polar surface area (TPSA) is 126 Å². The Morgan fingerprint density at radius 3 is 2.77 bits per heavy atom. The van der Waals surface area contributed by atoms with E-state index in [4.69, 9.17) is 4.74 Å². The lowest BCUT2D eigenvalue weighted by Gasteiger charge is -2.11. The highest BCUT2D eigenvalue weighted by atomic mass is 32.2. The average Bonchev–Trinajstić information content (AvgIpc) is 3.32. The van der Waals surface area contributed by atoms with Crippen molar-refractivity contribution in [2.24, 2.45) is 0 Å². The van der Waals surface area contributed by atoms with Crippen LogP contribution in [0.4, 0.5) is 5.95 Å². The maximum Gasteiger partial charge on any atom is 0.258 e. The van der Waals surface area contributed by atoms with Gasteiger partial charge >= 0.3 is 0 Å². The Morgan fingerprint density at radius 1 is 1.38 bits per heavy atom. The maximum atomic E-state index is 12.3. The highest BCUT2D eigenvalue weighted by Gasteiger charge is 2.20. The lowest BCUT2D eigenvalue weighted by molar-refractivity contribution is 0.102. The van der Waals surface area contributed by atoms with Gasteiger partial charge in [-0.25, -0.2) is 18.2 Å². The molecule has 1 fully saturated rings. The Morgan fingerprint density at radius 2 is 2.15 bits per heavy atom. The van der Waals surface area contributed by atoms with Crippen LogP contribution in [-0.4, -0.2) is 55.0 Å². The molecule has 140 valence electrons. The molecule has 0 aliphatic carbocycles. The van der Waals surface area contributed by atoms with Gasteiger partial charge in [0, 0.05) is 18.7 Å². The van der Waals surface area contributed by atoms with Crippen molar-refractivity contribution in [2.45, 2.75) is 29.0 Å². The van der Waals surface area contributed by atoms with Crippen LogP contribution in [0, 0.1) is 0 Å². The van der Waals surface area contributed by atoms with Gasteiger partial charge in [0.1, 0.15) is 0 Å². The van der Waals surface area contributed by atoms with Crippen molar-refractivity contribution in [1.29, 1.82) is 0 Å². The van der Waals surface area contributed by atoms with Gasteiger partial charge in [0.2, 0.25) is 21.1 Å². The first kappa shape index (κ1) is 18.8. The van der Waals surface area contributed by atoms with Crippen molar-refractivity contribution < 1.29 is 17.9 Å². The summed E-state index contributed by atoms with van der Waals surface area (Å²) in [4.78, 5) is 16.3. The molecule has 1 amide bonds. The summed E-state index contributed by atoms with van der Waals surface area (Å²) in [6, 6.07) is 5.67. The number of hydrogen-bond donors (Lipinski definition) is 3. The zero-order valence-electron chi connectivity index (χ0n) is 14.1. The van der Waals surface area contributed by atoms with Gasteiger partial charge in [0.15, 0.2) is 0 Å². The molecule has 0 radical (unpaired) electrons. The normalized spacial score (nSPS) is 17.3. The van der Waals surface area contributed by atoms with Crippen LogP contribution >= 0.6 is 11.8 Å². The van der Waals surface area contributed by atoms with Crippen LogP contribution in [0.15, 0.2) is 34.3 Å². The molecule has 0 unspecified atom stereocenters. The number of rotatable bonds is 7. The molecule has 1 atom stereocenters. The number of H-pyrrole nitrogens is 1. The second-order valence-electron chi connectivity index (χ2n) is 5.64. The molecule has 26 heavy (non-hydrogen) atoms. The lowest BCUT2D eigenvalue weighted by atomic mass is 10.2. The third-order valence-corrected chi connectivity index (χ3v) is 5.82. The molecule has 2 heterocycles. The number of aromatic nitrogens is 3. The first-order valence-corrected chi connectivity index (χ1v) is 10.7. The minimum absolute atomic E-state index is 0.0806. The van der Waals surface area contributed by atoms with Crippen molar-refractivity contribution >= 4 is 33.6 Å². The van der Waals surface area contributed by atoms with E-state index in [0.717, 1.165) is 12.8 Å². The summed E-state index contributed by atoms with van der Waals surface area (Å²) in [5.74, 6) is -0.181. The zero-order chi connectivity index (χ0) is 18.6. The van der Waals surface area contributed by atoms with Crippen LogP contribution in [0.25, 0.3) is 0 Å². The smallest absolute Gasteiger partial charge is 0.258 e. The fourth-order valence-electron chi connectivity index (χ4n) is 2.45. The summed E-state index contributed by atoms with van der Waals surface area (Å²) in [5.41, 5.74) is 0.310. The van der Waals surface area contributed by atoms with Crippen molar-refractivity contribution in [3.8, 4) is 0 Å². The van der Waals surface area contributed by atoms with Crippen LogP contribution in [0.1, 0.15) is 23.2 Å². The number of ether oxygens (including phenoxy) is 1. The highest BCUT2D eigenvalue weighted by Crippen LogP contribution is 2.15. The van der Waals surface area contributed by atoms with E-state index in [1.165, 1.54) is 36.0 Å².